The van der Waals surface area contributed by atoms with E-state index in [0.29, 0.717) is 9.74 Å². The standard InChI is InChI=1S/C17H20N2S2/c1-21-17(9-4-10-17)11-19-15-8-7-14(16(18)20)12-5-2-3-6-13(12)15/h2-3,5-8,19H,4,9-11H2,1H3,(H2,18,20). The quantitative estimate of drug-likeness (QED) is 0.812. The Labute approximate surface area is 135 Å². The average molecular weight is 316 g/mol. The minimum atomic E-state index is 0.420. The van der Waals surface area contributed by atoms with Crippen LogP contribution in [0.4, 0.5) is 5.69 Å². The van der Waals surface area contributed by atoms with Crippen LogP contribution in [-0.4, -0.2) is 22.5 Å². The summed E-state index contributed by atoms with van der Waals surface area (Å²) in [6.45, 7) is 1.02. The van der Waals surface area contributed by atoms with E-state index in [1.165, 1.54) is 30.3 Å². The third-order valence-electron chi connectivity index (χ3n) is 4.49. The average Bonchev–Trinajstić information content (AvgIpc) is 2.46. The number of nitrogens with two attached hydrogens (primary N) is 1. The number of hydrogen-bond donors (Lipinski definition) is 2. The van der Waals surface area contributed by atoms with Crippen LogP contribution in [-0.2, 0) is 0 Å². The van der Waals surface area contributed by atoms with Crippen LogP contribution in [0.3, 0.4) is 0 Å². The van der Waals surface area contributed by atoms with Gasteiger partial charge in [0.2, 0.25) is 0 Å². The van der Waals surface area contributed by atoms with E-state index in [-0.39, 0.29) is 0 Å². The van der Waals surface area contributed by atoms with Gasteiger partial charge in [-0.2, -0.15) is 11.8 Å². The van der Waals surface area contributed by atoms with Gasteiger partial charge in [-0.1, -0.05) is 42.9 Å². The summed E-state index contributed by atoms with van der Waals surface area (Å²) in [6, 6.07) is 12.4. The predicted octanol–water partition coefficient (Wildman–Crippen LogP) is 4.17. The molecule has 1 aliphatic carbocycles. The zero-order valence-electron chi connectivity index (χ0n) is 12.2. The Bertz CT molecular complexity index is 672. The summed E-state index contributed by atoms with van der Waals surface area (Å²) >= 11 is 7.15. The molecule has 0 aromatic heterocycles. The lowest BCUT2D eigenvalue weighted by molar-refractivity contribution is 0.380. The van der Waals surface area contributed by atoms with Crippen molar-refractivity contribution in [3.63, 3.8) is 0 Å². The van der Waals surface area contributed by atoms with Gasteiger partial charge in [0.15, 0.2) is 0 Å². The molecule has 0 heterocycles. The fraction of sp³-hybridized carbons (Fsp3) is 0.353. The van der Waals surface area contributed by atoms with Crippen LogP contribution in [0.15, 0.2) is 36.4 Å². The molecule has 0 saturated heterocycles. The number of anilines is 1. The van der Waals surface area contributed by atoms with E-state index in [1.54, 1.807) is 0 Å². The molecule has 0 atom stereocenters. The molecule has 2 aromatic rings. The maximum Gasteiger partial charge on any atom is 0.104 e. The number of nitrogens with one attached hydrogen (secondary N) is 1. The highest BCUT2D eigenvalue weighted by Gasteiger charge is 2.35. The Morgan fingerprint density at radius 3 is 2.52 bits per heavy atom. The van der Waals surface area contributed by atoms with Crippen molar-refractivity contribution in [3.05, 3.63) is 42.0 Å². The van der Waals surface area contributed by atoms with Crippen molar-refractivity contribution in [2.24, 2.45) is 5.73 Å². The van der Waals surface area contributed by atoms with Crippen LogP contribution in [0.25, 0.3) is 10.8 Å². The fourth-order valence-corrected chi connectivity index (χ4v) is 4.04. The largest absolute Gasteiger partial charge is 0.389 e. The van der Waals surface area contributed by atoms with Crippen LogP contribution >= 0.6 is 24.0 Å². The maximum atomic E-state index is 5.83. The first-order valence-corrected chi connectivity index (χ1v) is 8.89. The lowest BCUT2D eigenvalue weighted by Gasteiger charge is -2.40. The van der Waals surface area contributed by atoms with Crippen molar-refractivity contribution in [2.45, 2.75) is 24.0 Å². The Morgan fingerprint density at radius 1 is 1.24 bits per heavy atom. The summed E-state index contributed by atoms with van der Waals surface area (Å²) in [7, 11) is 0. The molecule has 2 nitrogen and oxygen atoms in total. The summed E-state index contributed by atoms with van der Waals surface area (Å²) in [5.74, 6) is 0. The smallest absolute Gasteiger partial charge is 0.104 e. The molecule has 110 valence electrons. The van der Waals surface area contributed by atoms with Gasteiger partial charge in [-0.15, -0.1) is 0 Å². The molecule has 2 aromatic carbocycles. The van der Waals surface area contributed by atoms with E-state index in [2.05, 4.69) is 35.8 Å². The second-order valence-electron chi connectivity index (χ2n) is 5.66. The zero-order valence-corrected chi connectivity index (χ0v) is 13.8. The molecule has 1 fully saturated rings. The summed E-state index contributed by atoms with van der Waals surface area (Å²) in [5, 5.41) is 5.96. The van der Waals surface area contributed by atoms with Gasteiger partial charge in [0.25, 0.3) is 0 Å². The van der Waals surface area contributed by atoms with Gasteiger partial charge in [0.1, 0.15) is 4.99 Å². The Balaban J connectivity index is 1.93. The summed E-state index contributed by atoms with van der Waals surface area (Å²) < 4.78 is 0.420. The first kappa shape index (κ1) is 14.7. The van der Waals surface area contributed by atoms with Crippen LogP contribution in [0.1, 0.15) is 24.8 Å². The molecule has 3 N–H and O–H groups in total. The van der Waals surface area contributed by atoms with E-state index < -0.39 is 0 Å². The molecule has 0 radical (unpaired) electrons. The Morgan fingerprint density at radius 2 is 1.95 bits per heavy atom. The van der Waals surface area contributed by atoms with Crippen molar-refractivity contribution in [2.75, 3.05) is 18.1 Å². The topological polar surface area (TPSA) is 38.0 Å². The summed E-state index contributed by atoms with van der Waals surface area (Å²) in [4.78, 5) is 0.456. The minimum Gasteiger partial charge on any atom is -0.389 e. The van der Waals surface area contributed by atoms with Crippen molar-refractivity contribution in [1.29, 1.82) is 0 Å². The van der Waals surface area contributed by atoms with Gasteiger partial charge in [-0.3, -0.25) is 0 Å². The molecule has 1 aliphatic rings. The fourth-order valence-electron chi connectivity index (χ4n) is 2.95. The highest BCUT2D eigenvalue weighted by molar-refractivity contribution is 8.00. The number of thiocarbonyl (C=S) groups is 1. The van der Waals surface area contributed by atoms with Crippen LogP contribution in [0.5, 0.6) is 0 Å². The lowest BCUT2D eigenvalue weighted by Crippen LogP contribution is -2.40. The van der Waals surface area contributed by atoms with Gasteiger partial charge >= 0.3 is 0 Å². The second kappa shape index (κ2) is 5.85. The highest BCUT2D eigenvalue weighted by atomic mass is 32.2. The molecule has 4 heteroatoms. The van der Waals surface area contributed by atoms with Gasteiger partial charge in [0, 0.05) is 27.9 Å². The molecule has 0 spiro atoms. The van der Waals surface area contributed by atoms with Gasteiger partial charge in [-0.25, -0.2) is 0 Å². The molecule has 0 unspecified atom stereocenters. The highest BCUT2D eigenvalue weighted by Crippen LogP contribution is 2.43. The number of hydrogen-bond acceptors (Lipinski definition) is 3. The Kier molecular flexibility index (Phi) is 4.09. The zero-order chi connectivity index (χ0) is 14.9. The van der Waals surface area contributed by atoms with Crippen LogP contribution in [0, 0.1) is 0 Å². The monoisotopic (exact) mass is 316 g/mol. The van der Waals surface area contributed by atoms with E-state index in [1.807, 2.05) is 23.9 Å². The number of benzene rings is 2. The molecular formula is C17H20N2S2. The Hall–Kier alpha value is -1.26. The molecule has 0 aliphatic heterocycles. The van der Waals surface area contributed by atoms with E-state index in [9.17, 15) is 0 Å². The van der Waals surface area contributed by atoms with Crippen molar-refractivity contribution in [3.8, 4) is 0 Å². The van der Waals surface area contributed by atoms with Crippen molar-refractivity contribution < 1.29 is 0 Å². The van der Waals surface area contributed by atoms with Crippen LogP contribution < -0.4 is 11.1 Å². The number of rotatable bonds is 5. The maximum absolute atomic E-state index is 5.83. The SMILES string of the molecule is CSC1(CNc2ccc(C(N)=S)c3ccccc23)CCC1. The minimum absolute atomic E-state index is 0.420. The molecule has 3 rings (SSSR count). The normalized spacial score (nSPS) is 16.4. The lowest BCUT2D eigenvalue weighted by atomic mass is 9.84. The number of fused-ring (bicyclic) bond motifs is 1. The van der Waals surface area contributed by atoms with E-state index >= 15 is 0 Å². The third kappa shape index (κ3) is 2.74. The van der Waals surface area contributed by atoms with Gasteiger partial charge in [-0.05, 0) is 36.6 Å². The molecule has 0 amide bonds. The van der Waals surface area contributed by atoms with Crippen molar-refractivity contribution >= 4 is 45.4 Å². The number of thioether (sulfide) groups is 1. The third-order valence-corrected chi connectivity index (χ3v) is 6.13. The van der Waals surface area contributed by atoms with Crippen molar-refractivity contribution in [1.82, 2.24) is 0 Å². The first-order chi connectivity index (χ1) is 10.2. The molecule has 0 bridgehead atoms. The molecule has 1 saturated carbocycles. The second-order valence-corrected chi connectivity index (χ2v) is 7.38. The predicted molar refractivity (Wildman–Crippen MR) is 98.4 cm³/mol. The molecular weight excluding hydrogens is 296 g/mol. The van der Waals surface area contributed by atoms with Crippen LogP contribution in [0.2, 0.25) is 0 Å². The van der Waals surface area contributed by atoms with Gasteiger partial charge in [0.05, 0.1) is 0 Å². The van der Waals surface area contributed by atoms with Gasteiger partial charge < -0.3 is 11.1 Å². The molecule has 21 heavy (non-hydrogen) atoms. The van der Waals surface area contributed by atoms with E-state index in [0.717, 1.165) is 17.5 Å². The summed E-state index contributed by atoms with van der Waals surface area (Å²) in [5.41, 5.74) is 7.96. The first-order valence-electron chi connectivity index (χ1n) is 7.26. The summed E-state index contributed by atoms with van der Waals surface area (Å²) in [6.07, 6.45) is 6.19. The van der Waals surface area contributed by atoms with E-state index in [4.69, 9.17) is 18.0 Å².